The Bertz CT molecular complexity index is 351. The highest BCUT2D eigenvalue weighted by Crippen LogP contribution is 2.05. The van der Waals surface area contributed by atoms with Gasteiger partial charge in [-0.3, -0.25) is 4.79 Å². The van der Waals surface area contributed by atoms with Crippen LogP contribution in [0.1, 0.15) is 12.6 Å². The van der Waals surface area contributed by atoms with Crippen LogP contribution < -0.4 is 5.32 Å². The van der Waals surface area contributed by atoms with Crippen molar-refractivity contribution in [2.45, 2.75) is 19.9 Å². The minimum Gasteiger partial charge on any atom is -0.359 e. The van der Waals surface area contributed by atoms with E-state index >= 15 is 0 Å². The van der Waals surface area contributed by atoms with Crippen molar-refractivity contribution in [2.75, 3.05) is 19.4 Å². The van der Waals surface area contributed by atoms with E-state index in [2.05, 4.69) is 15.3 Å². The van der Waals surface area contributed by atoms with Gasteiger partial charge in [0, 0.05) is 25.9 Å². The Morgan fingerprint density at radius 1 is 1.47 bits per heavy atom. The van der Waals surface area contributed by atoms with Crippen LogP contribution in [0.25, 0.3) is 0 Å². The molecule has 1 aromatic heterocycles. The van der Waals surface area contributed by atoms with Crippen molar-refractivity contribution in [3.05, 3.63) is 18.1 Å². The molecule has 0 aliphatic heterocycles. The van der Waals surface area contributed by atoms with Gasteiger partial charge in [-0.15, -0.1) is 0 Å². The molecule has 0 aliphatic rings. The first-order chi connectivity index (χ1) is 7.00. The predicted molar refractivity (Wildman–Crippen MR) is 58.5 cm³/mol. The lowest BCUT2D eigenvalue weighted by Gasteiger charge is -2.18. The highest BCUT2D eigenvalue weighted by Gasteiger charge is 2.14. The van der Waals surface area contributed by atoms with Gasteiger partial charge < -0.3 is 10.2 Å². The first kappa shape index (κ1) is 11.4. The van der Waals surface area contributed by atoms with Crippen LogP contribution in [0.2, 0.25) is 0 Å². The minimum absolute atomic E-state index is 0.0197. The fourth-order valence-electron chi connectivity index (χ4n) is 1.20. The molecule has 1 aromatic rings. The molecule has 15 heavy (non-hydrogen) atoms. The molecule has 0 aliphatic carbocycles. The predicted octanol–water partition coefficient (Wildman–Crippen LogP) is 0.674. The molecule has 0 fully saturated rings. The standard InChI is InChI=1S/C10H16N4O/c1-7-5-9(12-6-11-7)13-8(2)10(15)14(3)4/h5-6,8H,1-4H3,(H,11,12,13). The number of amides is 1. The molecular weight excluding hydrogens is 192 g/mol. The molecule has 1 atom stereocenters. The molecule has 1 N–H and O–H groups in total. The van der Waals surface area contributed by atoms with Gasteiger partial charge in [-0.25, -0.2) is 9.97 Å². The summed E-state index contributed by atoms with van der Waals surface area (Å²) in [7, 11) is 3.46. The topological polar surface area (TPSA) is 58.1 Å². The molecule has 1 heterocycles. The summed E-state index contributed by atoms with van der Waals surface area (Å²) in [5, 5.41) is 3.02. The third kappa shape index (κ3) is 3.19. The zero-order valence-electron chi connectivity index (χ0n) is 9.48. The van der Waals surface area contributed by atoms with Crippen molar-refractivity contribution in [2.24, 2.45) is 0 Å². The van der Waals surface area contributed by atoms with Gasteiger partial charge in [0.1, 0.15) is 18.2 Å². The minimum atomic E-state index is -0.283. The van der Waals surface area contributed by atoms with E-state index in [1.807, 2.05) is 6.92 Å². The Morgan fingerprint density at radius 2 is 2.13 bits per heavy atom. The van der Waals surface area contributed by atoms with E-state index in [1.165, 1.54) is 6.33 Å². The van der Waals surface area contributed by atoms with Gasteiger partial charge in [0.05, 0.1) is 0 Å². The lowest BCUT2D eigenvalue weighted by Crippen LogP contribution is -2.36. The number of carbonyl (C=O) groups is 1. The number of aryl methyl sites for hydroxylation is 1. The second kappa shape index (κ2) is 4.72. The van der Waals surface area contributed by atoms with Crippen molar-refractivity contribution in [1.29, 1.82) is 0 Å². The second-order valence-electron chi connectivity index (χ2n) is 3.64. The molecule has 82 valence electrons. The molecule has 5 heteroatoms. The van der Waals surface area contributed by atoms with Gasteiger partial charge in [0.25, 0.3) is 0 Å². The number of hydrogen-bond donors (Lipinski definition) is 1. The highest BCUT2D eigenvalue weighted by atomic mass is 16.2. The van der Waals surface area contributed by atoms with Crippen LogP contribution in [-0.4, -0.2) is 40.9 Å². The third-order valence-corrected chi connectivity index (χ3v) is 1.98. The Kier molecular flexibility index (Phi) is 3.60. The summed E-state index contributed by atoms with van der Waals surface area (Å²) in [4.78, 5) is 21.1. The van der Waals surface area contributed by atoms with Crippen LogP contribution in [0.15, 0.2) is 12.4 Å². The molecule has 1 unspecified atom stereocenters. The van der Waals surface area contributed by atoms with Gasteiger partial charge >= 0.3 is 0 Å². The van der Waals surface area contributed by atoms with E-state index < -0.39 is 0 Å². The quantitative estimate of drug-likeness (QED) is 0.793. The number of rotatable bonds is 3. The molecule has 0 saturated heterocycles. The summed E-state index contributed by atoms with van der Waals surface area (Å²) < 4.78 is 0. The monoisotopic (exact) mass is 208 g/mol. The van der Waals surface area contributed by atoms with Crippen LogP contribution in [0, 0.1) is 6.92 Å². The number of hydrogen-bond acceptors (Lipinski definition) is 4. The summed E-state index contributed by atoms with van der Waals surface area (Å²) in [6.07, 6.45) is 1.48. The number of likely N-dealkylation sites (N-methyl/N-ethyl adjacent to an activating group) is 1. The lowest BCUT2D eigenvalue weighted by molar-refractivity contribution is -0.129. The van der Waals surface area contributed by atoms with Gasteiger partial charge in [-0.2, -0.15) is 0 Å². The van der Waals surface area contributed by atoms with Gasteiger partial charge in [0.2, 0.25) is 5.91 Å². The Morgan fingerprint density at radius 3 is 2.67 bits per heavy atom. The molecule has 0 bridgehead atoms. The van der Waals surface area contributed by atoms with Crippen LogP contribution in [-0.2, 0) is 4.79 Å². The summed E-state index contributed by atoms with van der Waals surface area (Å²) in [6, 6.07) is 1.52. The van der Waals surface area contributed by atoms with Gasteiger partial charge in [-0.1, -0.05) is 0 Å². The SMILES string of the molecule is Cc1cc(NC(C)C(=O)N(C)C)ncn1. The van der Waals surface area contributed by atoms with Crippen LogP contribution in [0.4, 0.5) is 5.82 Å². The molecular formula is C10H16N4O. The average molecular weight is 208 g/mol. The van der Waals surface area contributed by atoms with Crippen molar-refractivity contribution >= 4 is 11.7 Å². The van der Waals surface area contributed by atoms with Crippen molar-refractivity contribution < 1.29 is 4.79 Å². The molecule has 0 radical (unpaired) electrons. The highest BCUT2D eigenvalue weighted by molar-refractivity contribution is 5.83. The number of aromatic nitrogens is 2. The number of nitrogens with one attached hydrogen (secondary N) is 1. The molecule has 0 saturated carbocycles. The number of nitrogens with zero attached hydrogens (tertiary/aromatic N) is 3. The fourth-order valence-corrected chi connectivity index (χ4v) is 1.20. The van der Waals surface area contributed by atoms with Gasteiger partial charge in [0.15, 0.2) is 0 Å². The lowest BCUT2D eigenvalue weighted by atomic mass is 10.3. The van der Waals surface area contributed by atoms with Crippen molar-refractivity contribution in [1.82, 2.24) is 14.9 Å². The Balaban J connectivity index is 2.66. The van der Waals surface area contributed by atoms with Crippen molar-refractivity contribution in [3.63, 3.8) is 0 Å². The fraction of sp³-hybridized carbons (Fsp3) is 0.500. The molecule has 1 rings (SSSR count). The van der Waals surface area contributed by atoms with Crippen LogP contribution in [0.5, 0.6) is 0 Å². The average Bonchev–Trinajstić information content (AvgIpc) is 2.16. The van der Waals surface area contributed by atoms with E-state index in [4.69, 9.17) is 0 Å². The molecule has 1 amide bonds. The summed E-state index contributed by atoms with van der Waals surface area (Å²) in [6.45, 7) is 3.69. The van der Waals surface area contributed by atoms with E-state index in [0.29, 0.717) is 5.82 Å². The second-order valence-corrected chi connectivity index (χ2v) is 3.64. The number of carbonyl (C=O) groups excluding carboxylic acids is 1. The maximum absolute atomic E-state index is 11.6. The molecule has 5 nitrogen and oxygen atoms in total. The van der Waals surface area contributed by atoms with Crippen molar-refractivity contribution in [3.8, 4) is 0 Å². The number of anilines is 1. The van der Waals surface area contributed by atoms with E-state index in [9.17, 15) is 4.79 Å². The van der Waals surface area contributed by atoms with E-state index in [1.54, 1.807) is 32.0 Å². The zero-order chi connectivity index (χ0) is 11.4. The Labute approximate surface area is 89.5 Å². The van der Waals surface area contributed by atoms with E-state index in [-0.39, 0.29) is 11.9 Å². The first-order valence-electron chi connectivity index (χ1n) is 4.77. The summed E-state index contributed by atoms with van der Waals surface area (Å²) in [5.74, 6) is 0.691. The van der Waals surface area contributed by atoms with Gasteiger partial charge in [-0.05, 0) is 13.8 Å². The summed E-state index contributed by atoms with van der Waals surface area (Å²) in [5.41, 5.74) is 0.872. The first-order valence-corrected chi connectivity index (χ1v) is 4.77. The normalized spacial score (nSPS) is 12.0. The molecule has 0 aromatic carbocycles. The van der Waals surface area contributed by atoms with Crippen LogP contribution >= 0.6 is 0 Å². The van der Waals surface area contributed by atoms with E-state index in [0.717, 1.165) is 5.69 Å². The van der Waals surface area contributed by atoms with Crippen LogP contribution in [0.3, 0.4) is 0 Å². The summed E-state index contributed by atoms with van der Waals surface area (Å²) >= 11 is 0. The third-order valence-electron chi connectivity index (χ3n) is 1.98. The maximum atomic E-state index is 11.6. The maximum Gasteiger partial charge on any atom is 0.244 e. The zero-order valence-corrected chi connectivity index (χ0v) is 9.48. The molecule has 0 spiro atoms. The largest absolute Gasteiger partial charge is 0.359 e. The Hall–Kier alpha value is -1.65. The smallest absolute Gasteiger partial charge is 0.244 e.